The largest absolute Gasteiger partial charge is 0.383 e. The Morgan fingerprint density at radius 2 is 1.82 bits per heavy atom. The van der Waals surface area contributed by atoms with E-state index in [1.807, 2.05) is 54.3 Å². The Hall–Kier alpha value is -2.97. The molecule has 0 spiro atoms. The molecule has 0 saturated heterocycles. The Labute approximate surface area is 194 Å². The molecule has 1 aromatic heterocycles. The number of methoxy groups -OCH3 is 1. The Balaban J connectivity index is 1.65. The van der Waals surface area contributed by atoms with E-state index in [0.29, 0.717) is 36.5 Å². The van der Waals surface area contributed by atoms with Crippen LogP contribution in [0.2, 0.25) is 0 Å². The number of aryl methyl sites for hydroxylation is 1. The van der Waals surface area contributed by atoms with Crippen LogP contribution in [0.1, 0.15) is 40.0 Å². The highest BCUT2D eigenvalue weighted by Gasteiger charge is 2.35. The molecule has 7 nitrogen and oxygen atoms in total. The molecule has 0 bridgehead atoms. The van der Waals surface area contributed by atoms with Crippen molar-refractivity contribution in [2.45, 2.75) is 49.8 Å². The second-order valence-corrected chi connectivity index (χ2v) is 10.3. The lowest BCUT2D eigenvalue weighted by molar-refractivity contribution is 0.0723. The van der Waals surface area contributed by atoms with E-state index in [2.05, 4.69) is 4.98 Å². The number of ether oxygens (including phenoxy) is 1. The van der Waals surface area contributed by atoms with E-state index in [9.17, 15) is 13.2 Å². The number of hydrogen-bond donors (Lipinski definition) is 0. The quantitative estimate of drug-likeness (QED) is 0.455. The van der Waals surface area contributed by atoms with Crippen LogP contribution >= 0.6 is 0 Å². The van der Waals surface area contributed by atoms with Crippen LogP contribution in [0, 0.1) is 6.92 Å². The highest BCUT2D eigenvalue weighted by Crippen LogP contribution is 2.31. The molecule has 0 unspecified atom stereocenters. The summed E-state index contributed by atoms with van der Waals surface area (Å²) in [4.78, 5) is 19.5. The number of carbonyl (C=O) groups excluding carboxylic acids is 1. The van der Waals surface area contributed by atoms with Crippen molar-refractivity contribution in [1.82, 2.24) is 14.5 Å². The highest BCUT2D eigenvalue weighted by atomic mass is 32.2. The van der Waals surface area contributed by atoms with Crippen molar-refractivity contribution in [3.63, 3.8) is 0 Å². The molecular weight excluding hydrogens is 438 g/mol. The third-order valence-corrected chi connectivity index (χ3v) is 7.45. The molecule has 1 amide bonds. The Morgan fingerprint density at radius 1 is 1.12 bits per heavy atom. The van der Waals surface area contributed by atoms with Gasteiger partial charge < -0.3 is 14.2 Å². The molecule has 4 rings (SSSR count). The topological polar surface area (TPSA) is 81.5 Å². The van der Waals surface area contributed by atoms with Gasteiger partial charge in [0.15, 0.2) is 0 Å². The number of rotatable bonds is 10. The van der Waals surface area contributed by atoms with Gasteiger partial charge in [-0.25, -0.2) is 13.4 Å². The normalized spacial score (nSPS) is 13.8. The van der Waals surface area contributed by atoms with Crippen LogP contribution in [0.15, 0.2) is 66.0 Å². The summed E-state index contributed by atoms with van der Waals surface area (Å²) in [6, 6.07) is 16.8. The fourth-order valence-corrected chi connectivity index (χ4v) is 5.46. The monoisotopic (exact) mass is 467 g/mol. The van der Waals surface area contributed by atoms with Crippen molar-refractivity contribution in [2.75, 3.05) is 13.7 Å². The summed E-state index contributed by atoms with van der Waals surface area (Å²) in [5, 5.41) is 0.0116. The van der Waals surface area contributed by atoms with E-state index in [0.717, 1.165) is 18.4 Å². The molecule has 1 saturated carbocycles. The van der Waals surface area contributed by atoms with Crippen LogP contribution in [0.3, 0.4) is 0 Å². The van der Waals surface area contributed by atoms with E-state index in [1.165, 1.54) is 0 Å². The van der Waals surface area contributed by atoms with Crippen molar-refractivity contribution < 1.29 is 17.9 Å². The maximum Gasteiger partial charge on any atom is 0.254 e. The van der Waals surface area contributed by atoms with Crippen LogP contribution in [-0.2, 0) is 33.4 Å². The minimum Gasteiger partial charge on any atom is -0.383 e. The number of sulfone groups is 1. The van der Waals surface area contributed by atoms with Gasteiger partial charge in [-0.2, -0.15) is 0 Å². The number of imidazole rings is 1. The third kappa shape index (κ3) is 5.34. The molecule has 1 fully saturated rings. The summed E-state index contributed by atoms with van der Waals surface area (Å²) in [6.45, 7) is 2.91. The fourth-order valence-electron chi connectivity index (χ4n) is 3.94. The van der Waals surface area contributed by atoms with Crippen molar-refractivity contribution in [2.24, 2.45) is 0 Å². The van der Waals surface area contributed by atoms with Gasteiger partial charge in [-0.3, -0.25) is 4.79 Å². The molecule has 0 N–H and O–H groups in total. The summed E-state index contributed by atoms with van der Waals surface area (Å²) in [6.07, 6.45) is 3.47. The second-order valence-electron chi connectivity index (χ2n) is 8.40. The van der Waals surface area contributed by atoms with Crippen LogP contribution in [0.25, 0.3) is 0 Å². The molecule has 174 valence electrons. The van der Waals surface area contributed by atoms with Gasteiger partial charge in [0.2, 0.25) is 15.0 Å². The van der Waals surface area contributed by atoms with Crippen LogP contribution in [-0.4, -0.2) is 48.5 Å². The number of nitrogens with zero attached hydrogens (tertiary/aromatic N) is 3. The number of aromatic nitrogens is 2. The molecule has 1 aliphatic rings. The number of amides is 1. The lowest BCUT2D eigenvalue weighted by atomic mass is 10.1. The van der Waals surface area contributed by atoms with E-state index in [4.69, 9.17) is 4.74 Å². The van der Waals surface area contributed by atoms with Gasteiger partial charge in [-0.05, 0) is 37.0 Å². The average molecular weight is 468 g/mol. The van der Waals surface area contributed by atoms with Gasteiger partial charge in [0.05, 0.1) is 30.8 Å². The predicted octanol–water partition coefficient (Wildman–Crippen LogP) is 3.62. The van der Waals surface area contributed by atoms with Gasteiger partial charge in [-0.1, -0.05) is 48.5 Å². The number of hydrogen-bond acceptors (Lipinski definition) is 5. The van der Waals surface area contributed by atoms with E-state index >= 15 is 0 Å². The van der Waals surface area contributed by atoms with Gasteiger partial charge in [0.25, 0.3) is 5.91 Å². The number of benzene rings is 2. The predicted molar refractivity (Wildman–Crippen MR) is 126 cm³/mol. The lowest BCUT2D eigenvalue weighted by Gasteiger charge is -2.24. The minimum atomic E-state index is -3.68. The van der Waals surface area contributed by atoms with Gasteiger partial charge >= 0.3 is 0 Å². The summed E-state index contributed by atoms with van der Waals surface area (Å²) in [5.41, 5.74) is 2.98. The zero-order valence-corrected chi connectivity index (χ0v) is 19.8. The van der Waals surface area contributed by atoms with Crippen molar-refractivity contribution in [1.29, 1.82) is 0 Å². The van der Waals surface area contributed by atoms with Crippen molar-refractivity contribution >= 4 is 15.7 Å². The van der Waals surface area contributed by atoms with Crippen LogP contribution in [0.5, 0.6) is 0 Å². The molecule has 0 aliphatic heterocycles. The standard InChI is InChI=1S/C25H29N3O4S/c1-19-8-6-7-11-23(19)24(29)28(21-12-13-21)17-22-16-26-25(27(22)14-15-32-2)33(30,31)18-20-9-4-3-5-10-20/h3-11,16,21H,12-15,17-18H2,1-2H3. The van der Waals surface area contributed by atoms with Gasteiger partial charge in [-0.15, -0.1) is 0 Å². The Kier molecular flexibility index (Phi) is 6.95. The Morgan fingerprint density at radius 3 is 2.48 bits per heavy atom. The zero-order chi connectivity index (χ0) is 23.4. The summed E-state index contributed by atoms with van der Waals surface area (Å²) >= 11 is 0. The highest BCUT2D eigenvalue weighted by molar-refractivity contribution is 7.90. The van der Waals surface area contributed by atoms with Gasteiger partial charge in [0.1, 0.15) is 0 Å². The van der Waals surface area contributed by atoms with Crippen LogP contribution in [0.4, 0.5) is 0 Å². The molecule has 33 heavy (non-hydrogen) atoms. The summed E-state index contributed by atoms with van der Waals surface area (Å²) in [7, 11) is -2.10. The van der Waals surface area contributed by atoms with Gasteiger partial charge in [0, 0.05) is 25.3 Å². The summed E-state index contributed by atoms with van der Waals surface area (Å²) in [5.74, 6) is -0.171. The second kappa shape index (κ2) is 9.89. The third-order valence-electron chi connectivity index (χ3n) is 5.85. The molecule has 2 aromatic carbocycles. The van der Waals surface area contributed by atoms with E-state index in [1.54, 1.807) is 30.0 Å². The van der Waals surface area contributed by atoms with Crippen molar-refractivity contribution in [3.05, 3.63) is 83.2 Å². The Bertz CT molecular complexity index is 1220. The zero-order valence-electron chi connectivity index (χ0n) is 19.0. The smallest absolute Gasteiger partial charge is 0.254 e. The molecule has 8 heteroatoms. The lowest BCUT2D eigenvalue weighted by Crippen LogP contribution is -2.34. The van der Waals surface area contributed by atoms with Crippen LogP contribution < -0.4 is 0 Å². The molecule has 0 radical (unpaired) electrons. The maximum atomic E-state index is 13.4. The maximum absolute atomic E-state index is 13.4. The van der Waals surface area contributed by atoms with E-state index < -0.39 is 9.84 Å². The number of carbonyl (C=O) groups is 1. The molecule has 3 aromatic rings. The molecule has 1 heterocycles. The minimum absolute atomic E-state index is 0.0116. The van der Waals surface area contributed by atoms with Crippen molar-refractivity contribution in [3.8, 4) is 0 Å². The average Bonchev–Trinajstić information content (AvgIpc) is 3.56. The first kappa shape index (κ1) is 23.2. The first-order valence-electron chi connectivity index (χ1n) is 11.1. The molecule has 1 aliphatic carbocycles. The molecule has 0 atom stereocenters. The van der Waals surface area contributed by atoms with E-state index in [-0.39, 0.29) is 22.9 Å². The SMILES string of the molecule is COCCn1c(CN(C(=O)c2ccccc2C)C2CC2)cnc1S(=O)(=O)Cc1ccccc1. The summed E-state index contributed by atoms with van der Waals surface area (Å²) < 4.78 is 33.4. The molecular formula is C25H29N3O4S. The first-order valence-corrected chi connectivity index (χ1v) is 12.7. The first-order chi connectivity index (χ1) is 15.9. The fraction of sp³-hybridized carbons (Fsp3) is 0.360.